The summed E-state index contributed by atoms with van der Waals surface area (Å²) >= 11 is 0. The molecule has 0 saturated carbocycles. The van der Waals surface area contributed by atoms with Gasteiger partial charge in [0.2, 0.25) is 0 Å². The van der Waals surface area contributed by atoms with Crippen LogP contribution >= 0.6 is 0 Å². The van der Waals surface area contributed by atoms with Crippen molar-refractivity contribution in [1.29, 1.82) is 0 Å². The number of nitrogens with two attached hydrogens (primary N) is 1. The normalized spacial score (nSPS) is 11.6. The molecule has 1 heterocycles. The Morgan fingerprint density at radius 3 is 2.47 bits per heavy atom. The minimum atomic E-state index is 0.235. The molecule has 0 aliphatic rings. The van der Waals surface area contributed by atoms with Crippen LogP contribution in [0.1, 0.15) is 39.9 Å². The summed E-state index contributed by atoms with van der Waals surface area (Å²) in [5.74, 6) is 2.30. The topological polar surface area (TPSA) is 55.0 Å². The van der Waals surface area contributed by atoms with Gasteiger partial charge < -0.3 is 10.6 Å². The Labute approximate surface area is 104 Å². The molecule has 0 aliphatic carbocycles. The average Bonchev–Trinajstić information content (AvgIpc) is 2.14. The molecular weight excluding hydrogens is 212 g/mol. The molecule has 0 atom stereocenters. The second-order valence-electron chi connectivity index (χ2n) is 5.73. The zero-order valence-corrected chi connectivity index (χ0v) is 11.6. The zero-order valence-electron chi connectivity index (χ0n) is 11.6. The molecule has 0 amide bonds. The Morgan fingerprint density at radius 1 is 1.29 bits per heavy atom. The molecule has 0 saturated heterocycles. The number of anilines is 2. The maximum atomic E-state index is 5.81. The van der Waals surface area contributed by atoms with E-state index in [9.17, 15) is 0 Å². The summed E-state index contributed by atoms with van der Waals surface area (Å²) in [6.07, 6.45) is 1.91. The summed E-state index contributed by atoms with van der Waals surface area (Å²) in [5.41, 5.74) is 6.05. The Kier molecular flexibility index (Phi) is 4.32. The maximum absolute atomic E-state index is 5.81. The minimum absolute atomic E-state index is 0.235. The van der Waals surface area contributed by atoms with Crippen LogP contribution in [0, 0.1) is 5.41 Å². The van der Waals surface area contributed by atoms with Gasteiger partial charge in [-0.1, -0.05) is 27.7 Å². The van der Waals surface area contributed by atoms with Gasteiger partial charge in [-0.05, 0) is 11.8 Å². The Morgan fingerprint density at radius 2 is 1.94 bits per heavy atom. The van der Waals surface area contributed by atoms with E-state index >= 15 is 0 Å². The van der Waals surface area contributed by atoms with E-state index in [1.54, 1.807) is 0 Å². The standard InChI is InChI=1S/C13H24N4/c1-6-7-11-15-10(14)8-12(16-11)17(5)9-13(2,3)4/h8H,6-7,9H2,1-5H3,(H2,14,15,16). The molecule has 1 aromatic heterocycles. The van der Waals surface area contributed by atoms with Crippen molar-refractivity contribution in [2.45, 2.75) is 40.5 Å². The van der Waals surface area contributed by atoms with Gasteiger partial charge in [-0.2, -0.15) is 0 Å². The molecular formula is C13H24N4. The van der Waals surface area contributed by atoms with E-state index in [0.717, 1.165) is 31.0 Å². The number of aryl methyl sites for hydroxylation is 1. The van der Waals surface area contributed by atoms with Crippen LogP contribution in [-0.2, 0) is 6.42 Å². The van der Waals surface area contributed by atoms with Crippen molar-refractivity contribution in [2.24, 2.45) is 5.41 Å². The van der Waals surface area contributed by atoms with Crippen LogP contribution in [0.4, 0.5) is 11.6 Å². The van der Waals surface area contributed by atoms with E-state index in [0.29, 0.717) is 5.82 Å². The monoisotopic (exact) mass is 236 g/mol. The average molecular weight is 236 g/mol. The van der Waals surface area contributed by atoms with Crippen molar-refractivity contribution in [3.8, 4) is 0 Å². The largest absolute Gasteiger partial charge is 0.384 e. The lowest BCUT2D eigenvalue weighted by Gasteiger charge is -2.27. The van der Waals surface area contributed by atoms with Crippen molar-refractivity contribution in [3.05, 3.63) is 11.9 Å². The first kappa shape index (κ1) is 13.7. The molecule has 0 bridgehead atoms. The van der Waals surface area contributed by atoms with Crippen LogP contribution in [0.15, 0.2) is 6.07 Å². The van der Waals surface area contributed by atoms with Crippen molar-refractivity contribution >= 4 is 11.6 Å². The fourth-order valence-electron chi connectivity index (χ4n) is 1.83. The Bertz CT molecular complexity index is 368. The minimum Gasteiger partial charge on any atom is -0.384 e. The van der Waals surface area contributed by atoms with E-state index in [-0.39, 0.29) is 5.41 Å². The summed E-state index contributed by atoms with van der Waals surface area (Å²) < 4.78 is 0. The van der Waals surface area contributed by atoms with Gasteiger partial charge in [0, 0.05) is 26.1 Å². The molecule has 4 heteroatoms. The third kappa shape index (κ3) is 4.59. The van der Waals surface area contributed by atoms with Gasteiger partial charge in [0.1, 0.15) is 17.5 Å². The summed E-state index contributed by atoms with van der Waals surface area (Å²) in [6.45, 7) is 9.68. The second kappa shape index (κ2) is 5.34. The Balaban J connectivity index is 2.89. The van der Waals surface area contributed by atoms with Crippen molar-refractivity contribution < 1.29 is 0 Å². The number of aromatic nitrogens is 2. The molecule has 0 aromatic carbocycles. The van der Waals surface area contributed by atoms with Crippen molar-refractivity contribution in [2.75, 3.05) is 24.2 Å². The van der Waals surface area contributed by atoms with E-state index in [2.05, 4.69) is 42.6 Å². The first-order chi connectivity index (χ1) is 7.81. The van der Waals surface area contributed by atoms with Gasteiger partial charge in [0.25, 0.3) is 0 Å². The highest BCUT2D eigenvalue weighted by Gasteiger charge is 2.15. The highest BCUT2D eigenvalue weighted by Crippen LogP contribution is 2.20. The van der Waals surface area contributed by atoms with Crippen LogP contribution in [0.2, 0.25) is 0 Å². The fourth-order valence-corrected chi connectivity index (χ4v) is 1.83. The van der Waals surface area contributed by atoms with Crippen molar-refractivity contribution in [3.63, 3.8) is 0 Å². The van der Waals surface area contributed by atoms with Crippen LogP contribution in [0.5, 0.6) is 0 Å². The van der Waals surface area contributed by atoms with Crippen molar-refractivity contribution in [1.82, 2.24) is 9.97 Å². The molecule has 0 radical (unpaired) electrons. The second-order valence-corrected chi connectivity index (χ2v) is 5.73. The van der Waals surface area contributed by atoms with Crippen LogP contribution in [-0.4, -0.2) is 23.6 Å². The molecule has 17 heavy (non-hydrogen) atoms. The molecule has 2 N–H and O–H groups in total. The smallest absolute Gasteiger partial charge is 0.134 e. The van der Waals surface area contributed by atoms with Gasteiger partial charge >= 0.3 is 0 Å². The van der Waals surface area contributed by atoms with Gasteiger partial charge in [-0.3, -0.25) is 0 Å². The van der Waals surface area contributed by atoms with Crippen LogP contribution < -0.4 is 10.6 Å². The predicted octanol–water partition coefficient (Wildman–Crippen LogP) is 2.49. The highest BCUT2D eigenvalue weighted by molar-refractivity contribution is 5.46. The molecule has 0 fully saturated rings. The quantitative estimate of drug-likeness (QED) is 0.872. The van der Waals surface area contributed by atoms with Crippen LogP contribution in [0.25, 0.3) is 0 Å². The predicted molar refractivity (Wildman–Crippen MR) is 73.2 cm³/mol. The molecule has 1 rings (SSSR count). The molecule has 4 nitrogen and oxygen atoms in total. The molecule has 0 unspecified atom stereocenters. The molecule has 96 valence electrons. The number of rotatable bonds is 4. The summed E-state index contributed by atoms with van der Waals surface area (Å²) in [6, 6.07) is 1.84. The molecule has 0 spiro atoms. The summed E-state index contributed by atoms with van der Waals surface area (Å²) in [7, 11) is 2.04. The number of nitrogen functional groups attached to an aromatic ring is 1. The molecule has 1 aromatic rings. The maximum Gasteiger partial charge on any atom is 0.134 e. The molecule has 0 aliphatic heterocycles. The lowest BCUT2D eigenvalue weighted by Crippen LogP contribution is -2.30. The lowest BCUT2D eigenvalue weighted by molar-refractivity contribution is 0.417. The number of hydrogen-bond donors (Lipinski definition) is 1. The van der Waals surface area contributed by atoms with Gasteiger partial charge in [0.15, 0.2) is 0 Å². The first-order valence-corrected chi connectivity index (χ1v) is 6.16. The first-order valence-electron chi connectivity index (χ1n) is 6.16. The van der Waals surface area contributed by atoms with E-state index in [1.165, 1.54) is 0 Å². The third-order valence-electron chi connectivity index (χ3n) is 2.35. The number of hydrogen-bond acceptors (Lipinski definition) is 4. The zero-order chi connectivity index (χ0) is 13.1. The third-order valence-corrected chi connectivity index (χ3v) is 2.35. The van der Waals surface area contributed by atoms with Gasteiger partial charge in [-0.25, -0.2) is 9.97 Å². The fraction of sp³-hybridized carbons (Fsp3) is 0.692. The highest BCUT2D eigenvalue weighted by atomic mass is 15.2. The van der Waals surface area contributed by atoms with Gasteiger partial charge in [0.05, 0.1) is 0 Å². The summed E-state index contributed by atoms with van der Waals surface area (Å²) in [4.78, 5) is 10.9. The number of nitrogens with zero attached hydrogens (tertiary/aromatic N) is 3. The SMILES string of the molecule is CCCc1nc(N)cc(N(C)CC(C)(C)C)n1. The Hall–Kier alpha value is -1.32. The van der Waals surface area contributed by atoms with E-state index in [1.807, 2.05) is 13.1 Å². The van der Waals surface area contributed by atoms with E-state index < -0.39 is 0 Å². The lowest BCUT2D eigenvalue weighted by atomic mass is 9.96. The summed E-state index contributed by atoms with van der Waals surface area (Å²) in [5, 5.41) is 0. The van der Waals surface area contributed by atoms with Crippen LogP contribution in [0.3, 0.4) is 0 Å². The van der Waals surface area contributed by atoms with Gasteiger partial charge in [-0.15, -0.1) is 0 Å². The van der Waals surface area contributed by atoms with E-state index in [4.69, 9.17) is 5.73 Å².